The summed E-state index contributed by atoms with van der Waals surface area (Å²) in [7, 11) is 0. The van der Waals surface area contributed by atoms with Crippen LogP contribution in [-0.2, 0) is 28.7 Å². The van der Waals surface area contributed by atoms with Gasteiger partial charge in [0.25, 0.3) is 0 Å². The van der Waals surface area contributed by atoms with Gasteiger partial charge in [-0.1, -0.05) is 20.8 Å². The Hall–Kier alpha value is -2.24. The summed E-state index contributed by atoms with van der Waals surface area (Å²) in [6.07, 6.45) is 3.79. The first-order valence-corrected chi connectivity index (χ1v) is 14.9. The van der Waals surface area contributed by atoms with Gasteiger partial charge in [0.05, 0.1) is 17.7 Å². The highest BCUT2D eigenvalue weighted by Crippen LogP contribution is 2.33. The van der Waals surface area contributed by atoms with Gasteiger partial charge in [-0.2, -0.15) is 0 Å². The number of carbonyl (C=O) groups is 4. The van der Waals surface area contributed by atoms with Crippen molar-refractivity contribution in [3.63, 3.8) is 0 Å². The topological polar surface area (TPSA) is 157 Å². The molecular formula is C29H51N5O6. The van der Waals surface area contributed by atoms with Crippen LogP contribution in [0.25, 0.3) is 0 Å². The lowest BCUT2D eigenvalue weighted by Gasteiger charge is -2.35. The molecule has 11 nitrogen and oxygen atoms in total. The summed E-state index contributed by atoms with van der Waals surface area (Å²) in [5.74, 6) is -1.70. The molecule has 3 heterocycles. The minimum Gasteiger partial charge on any atom is -0.376 e. The van der Waals surface area contributed by atoms with Crippen LogP contribution >= 0.6 is 0 Å². The second-order valence-corrected chi connectivity index (χ2v) is 13.3. The van der Waals surface area contributed by atoms with Crippen LogP contribution in [0.4, 0.5) is 0 Å². The highest BCUT2D eigenvalue weighted by atomic mass is 16.5. The molecule has 0 radical (unpaired) electrons. The number of primary amides is 1. The summed E-state index contributed by atoms with van der Waals surface area (Å²) in [6, 6.07) is -3.17. The van der Waals surface area contributed by atoms with Crippen LogP contribution in [0, 0.1) is 11.3 Å². The third-order valence-corrected chi connectivity index (χ3v) is 8.86. The Morgan fingerprint density at radius 1 is 0.925 bits per heavy atom. The van der Waals surface area contributed by atoms with E-state index >= 15 is 0 Å². The maximum Gasteiger partial charge on any atom is 0.246 e. The summed E-state index contributed by atoms with van der Waals surface area (Å²) in [6.45, 7) is 13.7. The summed E-state index contributed by atoms with van der Waals surface area (Å²) in [4.78, 5) is 56.1. The molecule has 0 bridgehead atoms. The number of nitrogens with one attached hydrogen (secondary N) is 1. The predicted octanol–water partition coefficient (Wildman–Crippen LogP) is 1.31. The van der Waals surface area contributed by atoms with Crippen LogP contribution in [0.5, 0.6) is 0 Å². The van der Waals surface area contributed by atoms with Crippen molar-refractivity contribution in [3.05, 3.63) is 0 Å². The van der Waals surface area contributed by atoms with E-state index in [-0.39, 0.29) is 23.1 Å². The van der Waals surface area contributed by atoms with Gasteiger partial charge >= 0.3 is 0 Å². The van der Waals surface area contributed by atoms with Crippen molar-refractivity contribution in [2.45, 2.75) is 122 Å². The van der Waals surface area contributed by atoms with Crippen molar-refractivity contribution < 1.29 is 28.7 Å². The Kier molecular flexibility index (Phi) is 10.6. The fourth-order valence-electron chi connectivity index (χ4n) is 6.25. The molecule has 0 spiro atoms. The van der Waals surface area contributed by atoms with Crippen LogP contribution in [0.1, 0.15) is 86.5 Å². The van der Waals surface area contributed by atoms with E-state index in [9.17, 15) is 19.2 Å². The average Bonchev–Trinajstić information content (AvgIpc) is 3.54. The summed E-state index contributed by atoms with van der Waals surface area (Å²) in [5, 5.41) is 2.74. The highest BCUT2D eigenvalue weighted by Gasteiger charge is 2.44. The minimum atomic E-state index is -1.05. The first-order chi connectivity index (χ1) is 18.6. The maximum absolute atomic E-state index is 13.7. The molecule has 3 aliphatic rings. The fourth-order valence-corrected chi connectivity index (χ4v) is 6.25. The number of amides is 4. The van der Waals surface area contributed by atoms with E-state index < -0.39 is 47.7 Å². The first kappa shape index (κ1) is 32.3. The van der Waals surface area contributed by atoms with E-state index in [2.05, 4.69) is 19.2 Å². The number of hydrogen-bond donors (Lipinski definition) is 3. The lowest BCUT2D eigenvalue weighted by atomic mass is 9.78. The maximum atomic E-state index is 13.7. The largest absolute Gasteiger partial charge is 0.376 e. The Bertz CT molecular complexity index is 940. The highest BCUT2D eigenvalue weighted by molar-refractivity contribution is 5.95. The van der Waals surface area contributed by atoms with Gasteiger partial charge in [-0.15, -0.1) is 0 Å². The molecule has 228 valence electrons. The van der Waals surface area contributed by atoms with Crippen molar-refractivity contribution in [2.75, 3.05) is 26.3 Å². The molecular weight excluding hydrogens is 514 g/mol. The Balaban J connectivity index is 1.87. The first-order valence-electron chi connectivity index (χ1n) is 14.9. The molecule has 6 atom stereocenters. The van der Waals surface area contributed by atoms with E-state index in [1.54, 1.807) is 16.7 Å². The van der Waals surface area contributed by atoms with Crippen LogP contribution in [0.2, 0.25) is 0 Å². The monoisotopic (exact) mass is 565 g/mol. The smallest absolute Gasteiger partial charge is 0.246 e. The van der Waals surface area contributed by atoms with Gasteiger partial charge in [0.15, 0.2) is 0 Å². The van der Waals surface area contributed by atoms with E-state index in [0.29, 0.717) is 58.4 Å². The van der Waals surface area contributed by atoms with Gasteiger partial charge in [0.1, 0.15) is 18.1 Å². The molecule has 5 unspecified atom stereocenters. The fraction of sp³-hybridized carbons (Fsp3) is 0.862. The Labute approximate surface area is 239 Å². The van der Waals surface area contributed by atoms with Gasteiger partial charge < -0.3 is 36.1 Å². The number of nitrogens with two attached hydrogens (primary N) is 2. The van der Waals surface area contributed by atoms with Gasteiger partial charge in [0, 0.05) is 26.3 Å². The molecule has 0 aromatic rings. The van der Waals surface area contributed by atoms with Gasteiger partial charge in [-0.05, 0) is 77.0 Å². The lowest BCUT2D eigenvalue weighted by Crippen LogP contribution is -2.58. The van der Waals surface area contributed by atoms with Crippen molar-refractivity contribution in [3.8, 4) is 0 Å². The molecule has 0 aromatic heterocycles. The van der Waals surface area contributed by atoms with Crippen molar-refractivity contribution >= 4 is 23.6 Å². The SMILES string of the molecule is CC1OCCC(C)(C)OCCC(C)(C)C[C@H](C)C(N)C(=O)N2CCCC2C(=O)N2CCCC2C(=O)NC1C(N)=O. The number of fused-ring (bicyclic) bond motifs is 2. The van der Waals surface area contributed by atoms with E-state index in [4.69, 9.17) is 20.9 Å². The number of carbonyl (C=O) groups excluding carboxylic acids is 4. The molecule has 3 fully saturated rings. The summed E-state index contributed by atoms with van der Waals surface area (Å²) < 4.78 is 12.1. The molecule has 3 aliphatic heterocycles. The van der Waals surface area contributed by atoms with Gasteiger partial charge in [-0.3, -0.25) is 19.2 Å². The van der Waals surface area contributed by atoms with Crippen LogP contribution in [0.15, 0.2) is 0 Å². The van der Waals surface area contributed by atoms with E-state index in [1.165, 1.54) is 0 Å². The Morgan fingerprint density at radius 3 is 2.15 bits per heavy atom. The van der Waals surface area contributed by atoms with Crippen LogP contribution < -0.4 is 16.8 Å². The zero-order chi connectivity index (χ0) is 29.8. The zero-order valence-electron chi connectivity index (χ0n) is 25.2. The van der Waals surface area contributed by atoms with Crippen molar-refractivity contribution in [1.82, 2.24) is 15.1 Å². The number of ether oxygens (including phenoxy) is 2. The van der Waals surface area contributed by atoms with Crippen molar-refractivity contribution in [2.24, 2.45) is 22.8 Å². The minimum absolute atomic E-state index is 0.0908. The van der Waals surface area contributed by atoms with Crippen molar-refractivity contribution in [1.29, 1.82) is 0 Å². The second-order valence-electron chi connectivity index (χ2n) is 13.3. The molecule has 40 heavy (non-hydrogen) atoms. The molecule has 0 saturated carbocycles. The summed E-state index contributed by atoms with van der Waals surface area (Å²) in [5.41, 5.74) is 11.6. The third kappa shape index (κ3) is 7.94. The molecule has 0 aliphatic carbocycles. The lowest BCUT2D eigenvalue weighted by molar-refractivity contribution is -0.148. The van der Waals surface area contributed by atoms with Gasteiger partial charge in [-0.25, -0.2) is 0 Å². The molecule has 3 saturated heterocycles. The van der Waals surface area contributed by atoms with E-state index in [1.807, 2.05) is 20.8 Å². The number of rotatable bonds is 1. The third-order valence-electron chi connectivity index (χ3n) is 8.86. The average molecular weight is 566 g/mol. The molecule has 3 rings (SSSR count). The quantitative estimate of drug-likeness (QED) is 0.433. The van der Waals surface area contributed by atoms with Crippen LogP contribution in [0.3, 0.4) is 0 Å². The van der Waals surface area contributed by atoms with Crippen LogP contribution in [-0.4, -0.2) is 95.6 Å². The standard InChI is InChI=1S/C29H51N5O6/c1-18-17-28(3,4)11-16-40-29(5,6)12-15-39-19(2)23(24(31)35)32-25(36)20-9-7-13-33(20)26(37)21-10-8-14-34(21)27(38)22(18)30/h18-23H,7-17,30H2,1-6H3,(H2,31,35)(H,32,36)/t18-,19?,20?,21?,22?,23?/m0/s1. The predicted molar refractivity (Wildman–Crippen MR) is 151 cm³/mol. The molecule has 4 amide bonds. The normalized spacial score (nSPS) is 34.9. The molecule has 5 N–H and O–H groups in total. The molecule has 11 heteroatoms. The number of nitrogens with zero attached hydrogens (tertiary/aromatic N) is 2. The molecule has 0 aromatic carbocycles. The Morgan fingerprint density at radius 2 is 1.52 bits per heavy atom. The zero-order valence-corrected chi connectivity index (χ0v) is 25.2. The second kappa shape index (κ2) is 13.2. The number of hydrogen-bond acceptors (Lipinski definition) is 7. The van der Waals surface area contributed by atoms with Gasteiger partial charge in [0.2, 0.25) is 23.6 Å². The summed E-state index contributed by atoms with van der Waals surface area (Å²) >= 11 is 0. The van der Waals surface area contributed by atoms with E-state index in [0.717, 1.165) is 12.8 Å².